The van der Waals surface area contributed by atoms with E-state index in [4.69, 9.17) is 4.74 Å². The van der Waals surface area contributed by atoms with Crippen molar-refractivity contribution in [3.05, 3.63) is 23.8 Å². The Hall–Kier alpha value is -0.680. The molecule has 2 aliphatic carbocycles. The average molecular weight is 406 g/mol. The van der Waals surface area contributed by atoms with Crippen molar-refractivity contribution < 1.29 is 14.9 Å². The number of allylic oxidation sites excluding steroid dienone is 2. The molecule has 0 bridgehead atoms. The van der Waals surface area contributed by atoms with Gasteiger partial charge in [-0.3, -0.25) is 4.90 Å². The molecule has 1 saturated carbocycles. The summed E-state index contributed by atoms with van der Waals surface area (Å²) in [6.07, 6.45) is 17.4. The zero-order valence-electron chi connectivity index (χ0n) is 18.5. The highest BCUT2D eigenvalue weighted by atomic mass is 16.5. The summed E-state index contributed by atoms with van der Waals surface area (Å²) in [6.45, 7) is 7.39. The summed E-state index contributed by atoms with van der Waals surface area (Å²) in [5.74, 6) is 1.31. The van der Waals surface area contributed by atoms with Crippen molar-refractivity contribution in [3.63, 3.8) is 0 Å². The molecular weight excluding hydrogens is 362 g/mol. The van der Waals surface area contributed by atoms with Gasteiger partial charge in [0.2, 0.25) is 0 Å². The maximum Gasteiger partial charge on any atom is 0.0721 e. The Morgan fingerprint density at radius 3 is 2.79 bits per heavy atom. The molecule has 29 heavy (non-hydrogen) atoms. The quantitative estimate of drug-likeness (QED) is 0.375. The van der Waals surface area contributed by atoms with Gasteiger partial charge in [0.05, 0.1) is 25.4 Å². The number of aliphatic hydroxyl groups is 2. The summed E-state index contributed by atoms with van der Waals surface area (Å²) in [6, 6.07) is 0. The van der Waals surface area contributed by atoms with Gasteiger partial charge in [-0.2, -0.15) is 0 Å². The minimum atomic E-state index is -0.354. The number of morpholine rings is 1. The molecule has 2 N–H and O–H groups in total. The summed E-state index contributed by atoms with van der Waals surface area (Å²) in [7, 11) is 0. The third-order valence-corrected chi connectivity index (χ3v) is 7.18. The van der Waals surface area contributed by atoms with Gasteiger partial charge in [-0.1, -0.05) is 56.4 Å². The number of fused-ring (bicyclic) bond motifs is 1. The highest BCUT2D eigenvalue weighted by Crippen LogP contribution is 2.48. The van der Waals surface area contributed by atoms with E-state index >= 15 is 0 Å². The lowest BCUT2D eigenvalue weighted by Crippen LogP contribution is -2.36. The summed E-state index contributed by atoms with van der Waals surface area (Å²) in [4.78, 5) is 2.53. The molecule has 0 spiro atoms. The molecule has 0 amide bonds. The molecule has 2 fully saturated rings. The van der Waals surface area contributed by atoms with Crippen LogP contribution in [0.5, 0.6) is 0 Å². The molecule has 3 rings (SSSR count). The molecule has 0 aromatic rings. The van der Waals surface area contributed by atoms with Crippen molar-refractivity contribution in [1.29, 1.82) is 0 Å². The first kappa shape index (κ1) is 23.0. The van der Waals surface area contributed by atoms with Crippen LogP contribution in [0.15, 0.2) is 23.8 Å². The Kier molecular flexibility index (Phi) is 9.71. The molecule has 0 radical (unpaired) electrons. The first-order valence-electron chi connectivity index (χ1n) is 12.2. The topological polar surface area (TPSA) is 52.9 Å². The van der Waals surface area contributed by atoms with Gasteiger partial charge < -0.3 is 14.9 Å². The third-order valence-electron chi connectivity index (χ3n) is 7.18. The molecule has 0 aromatic carbocycles. The predicted molar refractivity (Wildman–Crippen MR) is 119 cm³/mol. The van der Waals surface area contributed by atoms with E-state index in [2.05, 4.69) is 24.0 Å². The second-order valence-corrected chi connectivity index (χ2v) is 9.45. The fourth-order valence-electron chi connectivity index (χ4n) is 5.44. The van der Waals surface area contributed by atoms with Crippen molar-refractivity contribution in [2.45, 2.75) is 83.3 Å². The normalized spacial score (nSPS) is 31.3. The second kappa shape index (κ2) is 12.2. The highest BCUT2D eigenvalue weighted by molar-refractivity contribution is 5.21. The van der Waals surface area contributed by atoms with Crippen LogP contribution in [0.2, 0.25) is 0 Å². The number of aliphatic hydroxyl groups excluding tert-OH is 2. The van der Waals surface area contributed by atoms with Gasteiger partial charge in [-0.05, 0) is 56.9 Å². The summed E-state index contributed by atoms with van der Waals surface area (Å²) < 4.78 is 5.41. The van der Waals surface area contributed by atoms with Crippen LogP contribution in [0.3, 0.4) is 0 Å². The van der Waals surface area contributed by atoms with E-state index in [1.54, 1.807) is 5.57 Å². The fourth-order valence-corrected chi connectivity index (χ4v) is 5.44. The van der Waals surface area contributed by atoms with E-state index in [1.807, 2.05) is 6.08 Å². The van der Waals surface area contributed by atoms with Gasteiger partial charge in [0.25, 0.3) is 0 Å². The Labute approximate surface area is 178 Å². The maximum atomic E-state index is 10.5. The molecule has 4 nitrogen and oxygen atoms in total. The molecule has 166 valence electrons. The molecule has 0 aromatic heterocycles. The minimum Gasteiger partial charge on any atom is -0.392 e. The van der Waals surface area contributed by atoms with Gasteiger partial charge in [0, 0.05) is 19.0 Å². The molecular formula is C25H43NO3. The maximum absolute atomic E-state index is 10.5. The molecule has 1 heterocycles. The zero-order valence-corrected chi connectivity index (χ0v) is 18.5. The van der Waals surface area contributed by atoms with Crippen LogP contribution in [0.4, 0.5) is 0 Å². The largest absolute Gasteiger partial charge is 0.392 e. The lowest BCUT2D eigenvalue weighted by Gasteiger charge is -2.26. The lowest BCUT2D eigenvalue weighted by molar-refractivity contribution is 0.0371. The standard InChI is InChI=1S/C25H43NO3/c1-2-3-5-9-22(27)10-11-23-24-18-20(17-21(24)19-25(23)28)8-6-4-7-12-26-13-15-29-16-14-26/h10-11,17,21-25,27-28H,2-9,12-16,18-19H2,1H3/t21-,22+,23+,24-,25+/m0/s1. The Morgan fingerprint density at radius 2 is 2.00 bits per heavy atom. The number of rotatable bonds is 12. The van der Waals surface area contributed by atoms with E-state index in [-0.39, 0.29) is 18.1 Å². The third kappa shape index (κ3) is 7.20. The minimum absolute atomic E-state index is 0.218. The monoisotopic (exact) mass is 405 g/mol. The van der Waals surface area contributed by atoms with Crippen LogP contribution in [-0.4, -0.2) is 60.2 Å². The SMILES string of the molecule is CCCCC[C@@H](O)C=C[C@@H]1[C@H]2CC(CCCCCN3CCOCC3)=C[C@H]2C[C@H]1O. The smallest absolute Gasteiger partial charge is 0.0721 e. The molecule has 1 saturated heterocycles. The van der Waals surface area contributed by atoms with Crippen molar-refractivity contribution in [1.82, 2.24) is 4.90 Å². The van der Waals surface area contributed by atoms with Crippen LogP contribution in [0.25, 0.3) is 0 Å². The zero-order chi connectivity index (χ0) is 20.5. The van der Waals surface area contributed by atoms with Gasteiger partial charge in [-0.25, -0.2) is 0 Å². The molecule has 5 atom stereocenters. The molecule has 4 heteroatoms. The molecule has 1 aliphatic heterocycles. The number of hydrogen-bond donors (Lipinski definition) is 2. The van der Waals surface area contributed by atoms with Gasteiger partial charge in [-0.15, -0.1) is 0 Å². The highest BCUT2D eigenvalue weighted by Gasteiger charge is 2.43. The van der Waals surface area contributed by atoms with Crippen molar-refractivity contribution in [3.8, 4) is 0 Å². The first-order chi connectivity index (χ1) is 14.2. The summed E-state index contributed by atoms with van der Waals surface area (Å²) in [5.41, 5.74) is 1.61. The average Bonchev–Trinajstić information content (AvgIpc) is 3.23. The Bertz CT molecular complexity index is 526. The number of hydrogen-bond acceptors (Lipinski definition) is 4. The van der Waals surface area contributed by atoms with Crippen LogP contribution < -0.4 is 0 Å². The summed E-state index contributed by atoms with van der Waals surface area (Å²) >= 11 is 0. The first-order valence-corrected chi connectivity index (χ1v) is 12.2. The van der Waals surface area contributed by atoms with Crippen LogP contribution >= 0.6 is 0 Å². The fraction of sp³-hybridized carbons (Fsp3) is 0.840. The molecule has 0 unspecified atom stereocenters. The Morgan fingerprint density at radius 1 is 1.17 bits per heavy atom. The summed E-state index contributed by atoms with van der Waals surface area (Å²) in [5, 5.41) is 20.7. The van der Waals surface area contributed by atoms with Gasteiger partial charge in [0.15, 0.2) is 0 Å². The van der Waals surface area contributed by atoms with Crippen LogP contribution in [0, 0.1) is 17.8 Å². The number of nitrogens with zero attached hydrogens (tertiary/aromatic N) is 1. The number of ether oxygens (including phenoxy) is 1. The molecule has 3 aliphatic rings. The van der Waals surface area contributed by atoms with E-state index in [0.29, 0.717) is 11.8 Å². The predicted octanol–water partition coefficient (Wildman–Crippen LogP) is 4.32. The lowest BCUT2D eigenvalue weighted by atomic mass is 9.88. The van der Waals surface area contributed by atoms with E-state index in [0.717, 1.165) is 52.0 Å². The van der Waals surface area contributed by atoms with Gasteiger partial charge >= 0.3 is 0 Å². The second-order valence-electron chi connectivity index (χ2n) is 9.45. The van der Waals surface area contributed by atoms with Gasteiger partial charge in [0.1, 0.15) is 0 Å². The number of unbranched alkanes of at least 4 members (excludes halogenated alkanes) is 4. The van der Waals surface area contributed by atoms with Crippen LogP contribution in [-0.2, 0) is 4.74 Å². The van der Waals surface area contributed by atoms with Crippen LogP contribution in [0.1, 0.15) is 71.1 Å². The van der Waals surface area contributed by atoms with Crippen molar-refractivity contribution in [2.24, 2.45) is 17.8 Å². The van der Waals surface area contributed by atoms with Crippen molar-refractivity contribution in [2.75, 3.05) is 32.8 Å². The van der Waals surface area contributed by atoms with E-state index in [9.17, 15) is 10.2 Å². The Balaban J connectivity index is 1.34. The van der Waals surface area contributed by atoms with E-state index < -0.39 is 0 Å². The van der Waals surface area contributed by atoms with Crippen molar-refractivity contribution >= 4 is 0 Å². The van der Waals surface area contributed by atoms with E-state index in [1.165, 1.54) is 45.1 Å².